The van der Waals surface area contributed by atoms with Crippen LogP contribution in [0.25, 0.3) is 0 Å². The number of hydrazone groups is 1. The second kappa shape index (κ2) is 7.28. The van der Waals surface area contributed by atoms with Crippen molar-refractivity contribution in [3.8, 4) is 5.75 Å². The Morgan fingerprint density at radius 1 is 1.41 bits per heavy atom. The van der Waals surface area contributed by atoms with Gasteiger partial charge in [0.25, 0.3) is 0 Å². The van der Waals surface area contributed by atoms with Crippen molar-refractivity contribution < 1.29 is 23.8 Å². The van der Waals surface area contributed by atoms with Gasteiger partial charge in [0.15, 0.2) is 12.4 Å². The van der Waals surface area contributed by atoms with E-state index in [1.807, 2.05) is 0 Å². The van der Waals surface area contributed by atoms with E-state index >= 15 is 0 Å². The maximum Gasteiger partial charge on any atom is 0.341 e. The molecule has 0 saturated heterocycles. The van der Waals surface area contributed by atoms with Crippen LogP contribution in [0, 0.1) is 0 Å². The summed E-state index contributed by atoms with van der Waals surface area (Å²) < 4.78 is 9.89. The molecule has 7 nitrogen and oxygen atoms in total. The van der Waals surface area contributed by atoms with Crippen molar-refractivity contribution in [2.75, 3.05) is 6.61 Å². The van der Waals surface area contributed by atoms with E-state index in [4.69, 9.17) is 25.9 Å². The van der Waals surface area contributed by atoms with Crippen LogP contribution in [-0.4, -0.2) is 29.8 Å². The molecule has 114 valence electrons. The number of hydrogen-bond donors (Lipinski definition) is 2. The van der Waals surface area contributed by atoms with Crippen molar-refractivity contribution in [2.45, 2.75) is 0 Å². The highest BCUT2D eigenvalue weighted by molar-refractivity contribution is 6.32. The van der Waals surface area contributed by atoms with Crippen molar-refractivity contribution >= 4 is 29.7 Å². The lowest BCUT2D eigenvalue weighted by Crippen LogP contribution is -2.16. The molecule has 1 aromatic carbocycles. The van der Waals surface area contributed by atoms with Crippen LogP contribution < -0.4 is 10.2 Å². The molecule has 0 unspecified atom stereocenters. The number of nitrogens with zero attached hydrogens (tertiary/aromatic N) is 1. The molecule has 0 aliphatic rings. The molecule has 0 atom stereocenters. The first-order chi connectivity index (χ1) is 10.6. The standard InChI is InChI=1S/C14H11ClN2O5/c15-10-6-9(3-4-11(10)22-8-13(18)19)7-16-17-14(20)12-2-1-5-21-12/h1-7H,8H2,(H,17,20)(H,18,19)/b16-7+. The van der Waals surface area contributed by atoms with Gasteiger partial charge >= 0.3 is 11.9 Å². The third-order valence-electron chi connectivity index (χ3n) is 2.43. The molecule has 0 saturated carbocycles. The van der Waals surface area contributed by atoms with E-state index in [1.54, 1.807) is 12.1 Å². The number of nitrogens with one attached hydrogen (secondary N) is 1. The van der Waals surface area contributed by atoms with Crippen molar-refractivity contribution in [1.82, 2.24) is 5.43 Å². The molecular formula is C14H11ClN2O5. The summed E-state index contributed by atoms with van der Waals surface area (Å²) >= 11 is 5.95. The maximum atomic E-state index is 11.5. The van der Waals surface area contributed by atoms with Gasteiger partial charge in [0, 0.05) is 0 Å². The molecule has 0 fully saturated rings. The second-order valence-electron chi connectivity index (χ2n) is 4.05. The van der Waals surface area contributed by atoms with Gasteiger partial charge in [-0.3, -0.25) is 4.79 Å². The van der Waals surface area contributed by atoms with Crippen LogP contribution >= 0.6 is 11.6 Å². The van der Waals surface area contributed by atoms with Crippen molar-refractivity contribution in [2.24, 2.45) is 5.10 Å². The topological polar surface area (TPSA) is 101 Å². The highest BCUT2D eigenvalue weighted by Gasteiger charge is 2.07. The van der Waals surface area contributed by atoms with Crippen LogP contribution in [0.3, 0.4) is 0 Å². The number of carbonyl (C=O) groups excluding carboxylic acids is 1. The molecule has 0 aliphatic carbocycles. The molecule has 2 rings (SSSR count). The summed E-state index contributed by atoms with van der Waals surface area (Å²) in [4.78, 5) is 22.0. The number of benzene rings is 1. The number of aliphatic carboxylic acids is 1. The Hall–Kier alpha value is -2.80. The zero-order valence-electron chi connectivity index (χ0n) is 11.2. The minimum Gasteiger partial charge on any atom is -0.480 e. The number of halogens is 1. The lowest BCUT2D eigenvalue weighted by molar-refractivity contribution is -0.139. The third kappa shape index (κ3) is 4.35. The Kier molecular flexibility index (Phi) is 5.16. The van der Waals surface area contributed by atoms with E-state index in [-0.39, 0.29) is 16.5 Å². The first kappa shape index (κ1) is 15.6. The van der Waals surface area contributed by atoms with Gasteiger partial charge < -0.3 is 14.3 Å². The fraction of sp³-hybridized carbons (Fsp3) is 0.0714. The summed E-state index contributed by atoms with van der Waals surface area (Å²) in [5.41, 5.74) is 2.90. The van der Waals surface area contributed by atoms with Crippen LogP contribution in [0.5, 0.6) is 5.75 Å². The average molecular weight is 323 g/mol. The van der Waals surface area contributed by atoms with Gasteiger partial charge in [0.2, 0.25) is 0 Å². The summed E-state index contributed by atoms with van der Waals surface area (Å²) in [5, 5.41) is 12.5. The molecular weight excluding hydrogens is 312 g/mol. The zero-order valence-corrected chi connectivity index (χ0v) is 11.9. The fourth-order valence-corrected chi connectivity index (χ4v) is 1.73. The van der Waals surface area contributed by atoms with Gasteiger partial charge in [-0.25, -0.2) is 10.2 Å². The van der Waals surface area contributed by atoms with E-state index in [0.29, 0.717) is 5.56 Å². The molecule has 0 radical (unpaired) electrons. The molecule has 8 heteroatoms. The first-order valence-electron chi connectivity index (χ1n) is 6.07. The SMILES string of the molecule is O=C(O)COc1ccc(/C=N/NC(=O)c2ccco2)cc1Cl. The number of hydrogen-bond acceptors (Lipinski definition) is 5. The first-order valence-corrected chi connectivity index (χ1v) is 6.45. The molecule has 1 heterocycles. The van der Waals surface area contributed by atoms with Gasteiger partial charge in [-0.15, -0.1) is 0 Å². The van der Waals surface area contributed by atoms with Crippen molar-refractivity contribution in [3.05, 3.63) is 52.9 Å². The highest BCUT2D eigenvalue weighted by Crippen LogP contribution is 2.24. The third-order valence-corrected chi connectivity index (χ3v) is 2.73. The number of carbonyl (C=O) groups is 2. The smallest absolute Gasteiger partial charge is 0.341 e. The van der Waals surface area contributed by atoms with E-state index in [9.17, 15) is 9.59 Å². The van der Waals surface area contributed by atoms with Crippen LogP contribution in [-0.2, 0) is 4.79 Å². The number of amides is 1. The average Bonchev–Trinajstić information content (AvgIpc) is 3.00. The molecule has 22 heavy (non-hydrogen) atoms. The normalized spacial score (nSPS) is 10.6. The molecule has 2 N–H and O–H groups in total. The highest BCUT2D eigenvalue weighted by atomic mass is 35.5. The van der Waals surface area contributed by atoms with Crippen molar-refractivity contribution in [3.63, 3.8) is 0 Å². The summed E-state index contributed by atoms with van der Waals surface area (Å²) in [6, 6.07) is 7.76. The largest absolute Gasteiger partial charge is 0.480 e. The van der Waals surface area contributed by atoms with Gasteiger partial charge in [-0.1, -0.05) is 11.6 Å². The second-order valence-corrected chi connectivity index (χ2v) is 4.46. The minimum atomic E-state index is -1.10. The van der Waals surface area contributed by atoms with E-state index in [1.165, 1.54) is 30.7 Å². The number of furan rings is 1. The Morgan fingerprint density at radius 3 is 2.86 bits per heavy atom. The molecule has 0 bridgehead atoms. The molecule has 1 amide bonds. The van der Waals surface area contributed by atoms with E-state index < -0.39 is 18.5 Å². The Bertz CT molecular complexity index is 697. The summed E-state index contributed by atoms with van der Waals surface area (Å²) in [7, 11) is 0. The number of rotatable bonds is 6. The van der Waals surface area contributed by atoms with Crippen LogP contribution in [0.15, 0.2) is 46.1 Å². The molecule has 0 spiro atoms. The van der Waals surface area contributed by atoms with Gasteiger partial charge in [0.1, 0.15) is 5.75 Å². The van der Waals surface area contributed by atoms with E-state index in [2.05, 4.69) is 10.5 Å². The predicted octanol–water partition coefficient (Wildman–Crippen LogP) is 2.16. The monoisotopic (exact) mass is 322 g/mol. The number of carboxylic acids is 1. The van der Waals surface area contributed by atoms with Gasteiger partial charge in [-0.2, -0.15) is 5.10 Å². The molecule has 2 aromatic rings. The Labute approximate surface area is 130 Å². The Balaban J connectivity index is 1.95. The molecule has 0 aliphatic heterocycles. The van der Waals surface area contributed by atoms with Gasteiger partial charge in [-0.05, 0) is 35.9 Å². The quantitative estimate of drug-likeness (QED) is 0.627. The number of carboxylic acid groups (broad SMARTS) is 1. The molecule has 1 aromatic heterocycles. The van der Waals surface area contributed by atoms with E-state index in [0.717, 1.165) is 0 Å². The van der Waals surface area contributed by atoms with Crippen LogP contribution in [0.4, 0.5) is 0 Å². The maximum absolute atomic E-state index is 11.5. The predicted molar refractivity (Wildman–Crippen MR) is 78.4 cm³/mol. The summed E-state index contributed by atoms with van der Waals surface area (Å²) in [6.07, 6.45) is 2.77. The fourth-order valence-electron chi connectivity index (χ4n) is 1.48. The zero-order chi connectivity index (χ0) is 15.9. The number of ether oxygens (including phenoxy) is 1. The van der Waals surface area contributed by atoms with Crippen molar-refractivity contribution in [1.29, 1.82) is 0 Å². The minimum absolute atomic E-state index is 0.146. The van der Waals surface area contributed by atoms with Gasteiger partial charge in [0.05, 0.1) is 17.5 Å². The van der Waals surface area contributed by atoms with Crippen LogP contribution in [0.2, 0.25) is 5.02 Å². The lowest BCUT2D eigenvalue weighted by atomic mass is 10.2. The lowest BCUT2D eigenvalue weighted by Gasteiger charge is -2.05. The van der Waals surface area contributed by atoms with Crippen LogP contribution in [0.1, 0.15) is 16.1 Å². The summed E-state index contributed by atoms with van der Waals surface area (Å²) in [5.74, 6) is -1.18. The Morgan fingerprint density at radius 2 is 2.23 bits per heavy atom. The summed E-state index contributed by atoms with van der Waals surface area (Å²) in [6.45, 7) is -0.480.